The van der Waals surface area contributed by atoms with Crippen LogP contribution in [0.1, 0.15) is 31.2 Å². The van der Waals surface area contributed by atoms with Crippen molar-refractivity contribution in [2.45, 2.75) is 31.7 Å². The van der Waals surface area contributed by atoms with Crippen molar-refractivity contribution in [3.63, 3.8) is 0 Å². The van der Waals surface area contributed by atoms with Crippen LogP contribution in [-0.4, -0.2) is 36.5 Å². The highest BCUT2D eigenvalue weighted by molar-refractivity contribution is 5.83. The second-order valence-corrected chi connectivity index (χ2v) is 6.91. The largest absolute Gasteiger partial charge is 0.339 e. The van der Waals surface area contributed by atoms with E-state index in [4.69, 9.17) is 0 Å². The number of amides is 1. The molecule has 0 bridgehead atoms. The average Bonchev–Trinajstić information content (AvgIpc) is 3.06. The molecule has 1 aromatic rings. The standard InChI is InChI=1S/C18H24N2O/c1-2-17-16-10-19-9-13(16)11-20(17)18(21)15-8-14(15)12-6-4-3-5-7-12/h3-7,13-17,19H,2,8-11H2,1H3. The van der Waals surface area contributed by atoms with Crippen LogP contribution in [0.15, 0.2) is 30.3 Å². The fraction of sp³-hybridized carbons (Fsp3) is 0.611. The van der Waals surface area contributed by atoms with Gasteiger partial charge in [0.25, 0.3) is 0 Å². The SMILES string of the molecule is CCC1C2CNCC2CN1C(=O)C1CC1c1ccccc1. The van der Waals surface area contributed by atoms with Crippen LogP contribution in [0.25, 0.3) is 0 Å². The van der Waals surface area contributed by atoms with Crippen molar-refractivity contribution in [2.75, 3.05) is 19.6 Å². The summed E-state index contributed by atoms with van der Waals surface area (Å²) in [4.78, 5) is 15.1. The van der Waals surface area contributed by atoms with Gasteiger partial charge in [-0.05, 0) is 36.2 Å². The van der Waals surface area contributed by atoms with Gasteiger partial charge in [0.2, 0.25) is 5.91 Å². The number of nitrogens with one attached hydrogen (secondary N) is 1. The average molecular weight is 284 g/mol. The predicted molar refractivity (Wildman–Crippen MR) is 82.9 cm³/mol. The van der Waals surface area contributed by atoms with Crippen molar-refractivity contribution in [1.29, 1.82) is 0 Å². The molecule has 0 radical (unpaired) electrons. The topological polar surface area (TPSA) is 32.3 Å². The van der Waals surface area contributed by atoms with Gasteiger partial charge >= 0.3 is 0 Å². The lowest BCUT2D eigenvalue weighted by molar-refractivity contribution is -0.134. The van der Waals surface area contributed by atoms with E-state index in [0.29, 0.717) is 29.7 Å². The maximum atomic E-state index is 12.9. The number of carbonyl (C=O) groups is 1. The summed E-state index contributed by atoms with van der Waals surface area (Å²) in [5.41, 5.74) is 1.34. The summed E-state index contributed by atoms with van der Waals surface area (Å²) in [7, 11) is 0. The van der Waals surface area contributed by atoms with E-state index in [-0.39, 0.29) is 5.92 Å². The van der Waals surface area contributed by atoms with Crippen molar-refractivity contribution in [1.82, 2.24) is 10.2 Å². The van der Waals surface area contributed by atoms with Crippen LogP contribution < -0.4 is 5.32 Å². The fourth-order valence-electron chi connectivity index (χ4n) is 4.55. The second kappa shape index (κ2) is 5.13. The first kappa shape index (κ1) is 13.3. The molecule has 3 aliphatic rings. The summed E-state index contributed by atoms with van der Waals surface area (Å²) >= 11 is 0. The lowest BCUT2D eigenvalue weighted by Gasteiger charge is -2.27. The molecule has 0 aromatic heterocycles. The quantitative estimate of drug-likeness (QED) is 0.923. The Morgan fingerprint density at radius 2 is 2.10 bits per heavy atom. The van der Waals surface area contributed by atoms with E-state index in [0.717, 1.165) is 32.5 Å². The van der Waals surface area contributed by atoms with E-state index in [1.165, 1.54) is 5.56 Å². The third-order valence-electron chi connectivity index (χ3n) is 5.75. The van der Waals surface area contributed by atoms with Gasteiger partial charge in [-0.15, -0.1) is 0 Å². The lowest BCUT2D eigenvalue weighted by Crippen LogP contribution is -2.40. The van der Waals surface area contributed by atoms with Crippen LogP contribution in [-0.2, 0) is 4.79 Å². The first-order valence-electron chi connectivity index (χ1n) is 8.35. The number of hydrogen-bond acceptors (Lipinski definition) is 2. The Balaban J connectivity index is 1.47. The van der Waals surface area contributed by atoms with Crippen molar-refractivity contribution in [3.8, 4) is 0 Å². The number of likely N-dealkylation sites (tertiary alicyclic amines) is 1. The molecule has 21 heavy (non-hydrogen) atoms. The summed E-state index contributed by atoms with van der Waals surface area (Å²) in [6.07, 6.45) is 2.14. The highest BCUT2D eigenvalue weighted by atomic mass is 16.2. The van der Waals surface area contributed by atoms with E-state index < -0.39 is 0 Å². The van der Waals surface area contributed by atoms with E-state index in [9.17, 15) is 4.79 Å². The molecule has 2 saturated heterocycles. The molecule has 1 saturated carbocycles. The minimum absolute atomic E-state index is 0.244. The molecule has 3 heteroatoms. The zero-order chi connectivity index (χ0) is 14.4. The molecule has 1 N–H and O–H groups in total. The number of nitrogens with zero attached hydrogens (tertiary/aromatic N) is 1. The third kappa shape index (κ3) is 2.18. The zero-order valence-electron chi connectivity index (χ0n) is 12.7. The van der Waals surface area contributed by atoms with Crippen LogP contribution >= 0.6 is 0 Å². The summed E-state index contributed by atoms with van der Waals surface area (Å²) in [5.74, 6) is 2.51. The van der Waals surface area contributed by atoms with E-state index in [2.05, 4.69) is 41.4 Å². The van der Waals surface area contributed by atoms with Gasteiger partial charge in [-0.3, -0.25) is 4.79 Å². The molecule has 1 aromatic carbocycles. The molecular formula is C18H24N2O. The molecule has 1 aliphatic carbocycles. The van der Waals surface area contributed by atoms with E-state index >= 15 is 0 Å². The molecule has 3 nitrogen and oxygen atoms in total. The number of carbonyl (C=O) groups excluding carboxylic acids is 1. The molecule has 5 atom stereocenters. The lowest BCUT2D eigenvalue weighted by atomic mass is 9.93. The number of rotatable bonds is 3. The molecular weight excluding hydrogens is 260 g/mol. The van der Waals surface area contributed by atoms with E-state index in [1.807, 2.05) is 6.07 Å². The minimum Gasteiger partial charge on any atom is -0.339 e. The minimum atomic E-state index is 0.244. The maximum Gasteiger partial charge on any atom is 0.226 e. The highest BCUT2D eigenvalue weighted by Gasteiger charge is 2.51. The molecule has 0 spiro atoms. The number of fused-ring (bicyclic) bond motifs is 1. The first-order valence-corrected chi connectivity index (χ1v) is 8.35. The van der Waals surface area contributed by atoms with E-state index in [1.54, 1.807) is 0 Å². The van der Waals surface area contributed by atoms with Gasteiger partial charge in [0.15, 0.2) is 0 Å². The molecule has 112 valence electrons. The van der Waals surface area contributed by atoms with Crippen molar-refractivity contribution in [3.05, 3.63) is 35.9 Å². The Morgan fingerprint density at radius 1 is 1.29 bits per heavy atom. The molecule has 5 unspecified atom stereocenters. The summed E-state index contributed by atoms with van der Waals surface area (Å²) in [5, 5.41) is 3.49. The van der Waals surface area contributed by atoms with Crippen molar-refractivity contribution in [2.24, 2.45) is 17.8 Å². The van der Waals surface area contributed by atoms with Gasteiger partial charge in [0, 0.05) is 31.6 Å². The molecule has 3 fully saturated rings. The van der Waals surface area contributed by atoms with Crippen LogP contribution in [0.5, 0.6) is 0 Å². The van der Waals surface area contributed by atoms with Gasteiger partial charge in [0.05, 0.1) is 0 Å². The molecule has 1 amide bonds. The Hall–Kier alpha value is -1.35. The summed E-state index contributed by atoms with van der Waals surface area (Å²) in [6.45, 7) is 5.40. The van der Waals surface area contributed by atoms with Crippen molar-refractivity contribution < 1.29 is 4.79 Å². The Bertz CT molecular complexity index is 529. The number of hydrogen-bond donors (Lipinski definition) is 1. The summed E-state index contributed by atoms with van der Waals surface area (Å²) < 4.78 is 0. The number of benzene rings is 1. The molecule has 2 heterocycles. The first-order chi connectivity index (χ1) is 10.3. The van der Waals surface area contributed by atoms with Crippen LogP contribution in [0.2, 0.25) is 0 Å². The van der Waals surface area contributed by atoms with Crippen LogP contribution in [0.3, 0.4) is 0 Å². The second-order valence-electron chi connectivity index (χ2n) is 6.91. The zero-order valence-corrected chi connectivity index (χ0v) is 12.7. The predicted octanol–water partition coefficient (Wildman–Crippen LogP) is 2.25. The Kier molecular flexibility index (Phi) is 3.26. The van der Waals surface area contributed by atoms with Gasteiger partial charge in [-0.1, -0.05) is 37.3 Å². The fourth-order valence-corrected chi connectivity index (χ4v) is 4.55. The van der Waals surface area contributed by atoms with Crippen LogP contribution in [0.4, 0.5) is 0 Å². The summed E-state index contributed by atoms with van der Waals surface area (Å²) in [6, 6.07) is 11.0. The van der Waals surface area contributed by atoms with Gasteiger partial charge in [-0.2, -0.15) is 0 Å². The van der Waals surface area contributed by atoms with Gasteiger partial charge < -0.3 is 10.2 Å². The highest BCUT2D eigenvalue weighted by Crippen LogP contribution is 2.50. The van der Waals surface area contributed by atoms with Crippen molar-refractivity contribution >= 4 is 5.91 Å². The Labute approximate surface area is 126 Å². The normalized spacial score (nSPS) is 37.6. The van der Waals surface area contributed by atoms with Crippen LogP contribution in [0, 0.1) is 17.8 Å². The smallest absolute Gasteiger partial charge is 0.226 e. The molecule has 4 rings (SSSR count). The Morgan fingerprint density at radius 3 is 2.86 bits per heavy atom. The third-order valence-corrected chi connectivity index (χ3v) is 5.75. The van der Waals surface area contributed by atoms with Gasteiger partial charge in [-0.25, -0.2) is 0 Å². The monoisotopic (exact) mass is 284 g/mol. The maximum absolute atomic E-state index is 12.9. The molecule has 2 aliphatic heterocycles. The van der Waals surface area contributed by atoms with Gasteiger partial charge in [0.1, 0.15) is 0 Å².